The predicted molar refractivity (Wildman–Crippen MR) is 152 cm³/mol. The maximum absolute atomic E-state index is 13.4. The summed E-state index contributed by atoms with van der Waals surface area (Å²) in [5.74, 6) is 6.17. The molecular weight excluding hydrogens is 502 g/mol. The number of rotatable bonds is 4. The van der Waals surface area contributed by atoms with Gasteiger partial charge in [0.2, 0.25) is 0 Å². The van der Waals surface area contributed by atoms with Crippen LogP contribution >= 0.6 is 0 Å². The van der Waals surface area contributed by atoms with Crippen LogP contribution in [0.15, 0.2) is 73.2 Å². The van der Waals surface area contributed by atoms with E-state index in [1.54, 1.807) is 29.3 Å². The number of nitrogens with zero attached hydrogens (tertiary/aromatic N) is 7. The molecule has 4 aromatic heterocycles. The summed E-state index contributed by atoms with van der Waals surface area (Å²) in [5, 5.41) is 11.5. The Balaban J connectivity index is 1.43. The number of fused-ring (bicyclic) bond motifs is 2. The second kappa shape index (κ2) is 9.96. The van der Waals surface area contributed by atoms with Gasteiger partial charge in [-0.05, 0) is 32.0 Å². The lowest BCUT2D eigenvalue weighted by atomic mass is 10.0. The lowest BCUT2D eigenvalue weighted by Gasteiger charge is -2.18. The van der Waals surface area contributed by atoms with Crippen molar-refractivity contribution >= 4 is 28.4 Å². The number of nitrogens with two attached hydrogens (primary N) is 1. The molecule has 0 fully saturated rings. The van der Waals surface area contributed by atoms with E-state index >= 15 is 0 Å². The normalized spacial score (nSPS) is 11.8. The van der Waals surface area contributed by atoms with Crippen LogP contribution < -0.4 is 11.1 Å². The summed E-state index contributed by atoms with van der Waals surface area (Å²) < 4.78 is 3.27. The number of aryl methyl sites for hydroxylation is 1. The van der Waals surface area contributed by atoms with E-state index in [1.165, 1.54) is 4.52 Å². The van der Waals surface area contributed by atoms with E-state index in [4.69, 9.17) is 15.7 Å². The third kappa shape index (κ3) is 4.39. The number of aromatic nitrogens is 7. The smallest absolute Gasteiger partial charge is 0.259 e. The molecule has 0 bridgehead atoms. The fraction of sp³-hybridized carbons (Fsp3) is 0.133. The molecule has 0 aliphatic rings. The van der Waals surface area contributed by atoms with Gasteiger partial charge in [0, 0.05) is 25.0 Å². The Morgan fingerprint density at radius 1 is 1.02 bits per heavy atom. The van der Waals surface area contributed by atoms with Crippen LogP contribution in [0, 0.1) is 18.8 Å². The second-order valence-corrected chi connectivity index (χ2v) is 9.36. The van der Waals surface area contributed by atoms with E-state index in [0.717, 1.165) is 22.4 Å². The van der Waals surface area contributed by atoms with Crippen molar-refractivity contribution < 1.29 is 4.79 Å². The molecule has 0 aliphatic carbocycles. The number of carbonyl (C=O) groups is 1. The highest BCUT2D eigenvalue weighted by atomic mass is 16.1. The van der Waals surface area contributed by atoms with Crippen molar-refractivity contribution in [3.8, 4) is 23.1 Å². The van der Waals surface area contributed by atoms with Gasteiger partial charge < -0.3 is 11.1 Å². The van der Waals surface area contributed by atoms with E-state index in [1.807, 2.05) is 69.4 Å². The highest BCUT2D eigenvalue weighted by Crippen LogP contribution is 2.29. The van der Waals surface area contributed by atoms with Gasteiger partial charge in [-0.1, -0.05) is 48.2 Å². The first kappa shape index (κ1) is 24.8. The number of anilines is 1. The molecule has 10 nitrogen and oxygen atoms in total. The van der Waals surface area contributed by atoms with Gasteiger partial charge in [0.05, 0.1) is 46.0 Å². The fourth-order valence-corrected chi connectivity index (χ4v) is 4.52. The third-order valence-electron chi connectivity index (χ3n) is 6.74. The first-order valence-electron chi connectivity index (χ1n) is 12.7. The summed E-state index contributed by atoms with van der Waals surface area (Å²) in [6.07, 6.45) is 5.04. The maximum Gasteiger partial charge on any atom is 0.259 e. The molecule has 1 amide bonds. The van der Waals surface area contributed by atoms with Crippen LogP contribution in [0.3, 0.4) is 0 Å². The van der Waals surface area contributed by atoms with Crippen LogP contribution in [-0.2, 0) is 7.05 Å². The number of amides is 1. The van der Waals surface area contributed by atoms with Crippen LogP contribution in [0.2, 0.25) is 0 Å². The standard InChI is InChI=1S/C30H25N9O/c1-18(34-30(40)24-28(31)37-39-16-8-15-32-29(24)39)25-27(20-9-5-4-6-10-20)36-26-21(11-7-12-23(26)35-25)13-14-22-17-33-38(3)19(22)2/h4-12,15-18H,1-3H3,(H2,31,37)(H,34,40)/t18-/m0/s1. The van der Waals surface area contributed by atoms with Crippen molar-refractivity contribution in [2.75, 3.05) is 5.73 Å². The van der Waals surface area contributed by atoms with Gasteiger partial charge in [-0.15, -0.1) is 5.10 Å². The summed E-state index contributed by atoms with van der Waals surface area (Å²) in [6, 6.07) is 16.7. The van der Waals surface area contributed by atoms with Crippen molar-refractivity contribution in [2.24, 2.45) is 7.05 Å². The highest BCUT2D eigenvalue weighted by molar-refractivity contribution is 6.04. The molecule has 40 heavy (non-hydrogen) atoms. The maximum atomic E-state index is 13.4. The van der Waals surface area contributed by atoms with E-state index in [0.29, 0.717) is 28.1 Å². The molecule has 196 valence electrons. The molecule has 0 aliphatic heterocycles. The topological polar surface area (TPSA) is 129 Å². The first-order valence-corrected chi connectivity index (χ1v) is 12.7. The summed E-state index contributed by atoms with van der Waals surface area (Å²) in [5.41, 5.74) is 12.7. The van der Waals surface area contributed by atoms with Crippen LogP contribution in [0.25, 0.3) is 27.9 Å². The molecule has 6 rings (SSSR count). The molecule has 6 aromatic rings. The average molecular weight is 528 g/mol. The van der Waals surface area contributed by atoms with Gasteiger partial charge in [-0.2, -0.15) is 5.10 Å². The molecular formula is C30H25N9O. The number of hydrogen-bond acceptors (Lipinski definition) is 7. The quantitative estimate of drug-likeness (QED) is 0.333. The Kier molecular flexibility index (Phi) is 6.16. The Bertz CT molecular complexity index is 1960. The van der Waals surface area contributed by atoms with Crippen molar-refractivity contribution in [1.29, 1.82) is 0 Å². The number of para-hydroxylation sites is 1. The van der Waals surface area contributed by atoms with Gasteiger partial charge in [0.1, 0.15) is 11.1 Å². The van der Waals surface area contributed by atoms with Gasteiger partial charge in [-0.25, -0.2) is 19.5 Å². The van der Waals surface area contributed by atoms with Crippen molar-refractivity contribution in [3.05, 3.63) is 101 Å². The molecule has 1 atom stereocenters. The highest BCUT2D eigenvalue weighted by Gasteiger charge is 2.24. The Labute approximate surface area is 229 Å². The Hall–Kier alpha value is -5.56. The number of nitrogen functional groups attached to an aromatic ring is 1. The zero-order chi connectivity index (χ0) is 27.8. The molecule has 0 spiro atoms. The number of hydrogen-bond donors (Lipinski definition) is 2. The molecule has 0 saturated heterocycles. The molecule has 2 aromatic carbocycles. The van der Waals surface area contributed by atoms with Crippen molar-refractivity contribution in [1.82, 2.24) is 39.7 Å². The number of benzene rings is 2. The second-order valence-electron chi connectivity index (χ2n) is 9.36. The van der Waals surface area contributed by atoms with E-state index in [9.17, 15) is 4.79 Å². The Morgan fingerprint density at radius 3 is 2.60 bits per heavy atom. The third-order valence-corrected chi connectivity index (χ3v) is 6.74. The van der Waals surface area contributed by atoms with Crippen LogP contribution in [-0.4, -0.2) is 40.3 Å². The summed E-state index contributed by atoms with van der Waals surface area (Å²) in [7, 11) is 1.89. The molecule has 10 heteroatoms. The molecule has 0 saturated carbocycles. The van der Waals surface area contributed by atoms with E-state index < -0.39 is 11.9 Å². The zero-order valence-corrected chi connectivity index (χ0v) is 22.1. The van der Waals surface area contributed by atoms with Gasteiger partial charge in [0.25, 0.3) is 5.91 Å². The van der Waals surface area contributed by atoms with E-state index in [-0.39, 0.29) is 11.4 Å². The summed E-state index contributed by atoms with van der Waals surface area (Å²) in [4.78, 5) is 27.7. The van der Waals surface area contributed by atoms with Crippen LogP contribution in [0.1, 0.15) is 45.8 Å². The first-order chi connectivity index (χ1) is 19.4. The van der Waals surface area contributed by atoms with Crippen molar-refractivity contribution in [3.63, 3.8) is 0 Å². The zero-order valence-electron chi connectivity index (χ0n) is 22.1. The molecule has 4 heterocycles. The SMILES string of the molecule is Cc1c(C#Cc2cccc3nc([C@H](C)NC(=O)c4c(N)nn5cccnc45)c(-c4ccccc4)nc23)cnn1C. The molecule has 3 N–H and O–H groups in total. The lowest BCUT2D eigenvalue weighted by molar-refractivity contribution is 0.0941. The fourth-order valence-electron chi connectivity index (χ4n) is 4.52. The monoisotopic (exact) mass is 527 g/mol. The Morgan fingerprint density at radius 2 is 1.82 bits per heavy atom. The predicted octanol–water partition coefficient (Wildman–Crippen LogP) is 3.85. The summed E-state index contributed by atoms with van der Waals surface area (Å²) >= 11 is 0. The average Bonchev–Trinajstić information content (AvgIpc) is 3.48. The van der Waals surface area contributed by atoms with Crippen LogP contribution in [0.4, 0.5) is 5.82 Å². The minimum absolute atomic E-state index is 0.100. The largest absolute Gasteiger partial charge is 0.381 e. The number of carbonyl (C=O) groups excluding carboxylic acids is 1. The van der Waals surface area contributed by atoms with Gasteiger partial charge in [-0.3, -0.25) is 9.48 Å². The number of nitrogens with one attached hydrogen (secondary N) is 1. The van der Waals surface area contributed by atoms with Crippen molar-refractivity contribution in [2.45, 2.75) is 19.9 Å². The van der Waals surface area contributed by atoms with Crippen LogP contribution in [0.5, 0.6) is 0 Å². The van der Waals surface area contributed by atoms with E-state index in [2.05, 4.69) is 32.3 Å². The lowest BCUT2D eigenvalue weighted by Crippen LogP contribution is -2.28. The molecule has 0 radical (unpaired) electrons. The minimum Gasteiger partial charge on any atom is -0.381 e. The van der Waals surface area contributed by atoms with Gasteiger partial charge in [0.15, 0.2) is 11.5 Å². The minimum atomic E-state index is -0.509. The molecule has 0 unspecified atom stereocenters. The summed E-state index contributed by atoms with van der Waals surface area (Å²) in [6.45, 7) is 3.84. The van der Waals surface area contributed by atoms with Gasteiger partial charge >= 0.3 is 0 Å².